The minimum Gasteiger partial charge on any atom is -0.417 e. The van der Waals surface area contributed by atoms with Gasteiger partial charge in [0.15, 0.2) is 8.38 Å². The van der Waals surface area contributed by atoms with E-state index in [1.165, 1.54) is 45.0 Å². The molecule has 128 heavy (non-hydrogen) atoms. The predicted molar refractivity (Wildman–Crippen MR) is 513 cm³/mol. The monoisotopic (exact) mass is 2080 g/mol. The molecule has 5 saturated heterocycles. The van der Waals surface area contributed by atoms with Gasteiger partial charge in [-0.2, -0.15) is 25.4 Å². The van der Waals surface area contributed by atoms with E-state index in [0.29, 0.717) is 74.7 Å². The second-order valence-electron chi connectivity index (χ2n) is 29.8. The molecule has 5 fully saturated rings. The number of nitriles is 4. The van der Waals surface area contributed by atoms with Crippen molar-refractivity contribution in [2.75, 3.05) is 122 Å². The third-order valence-electron chi connectivity index (χ3n) is 19.1. The highest BCUT2D eigenvalue weighted by Crippen LogP contribution is 2.76. The summed E-state index contributed by atoms with van der Waals surface area (Å²) in [5.74, 6) is 7.11. The number of carbonyl (C=O) groups is 1. The van der Waals surface area contributed by atoms with Crippen molar-refractivity contribution in [1.82, 2.24) is 0 Å². The van der Waals surface area contributed by atoms with E-state index in [-0.39, 0.29) is 94.2 Å². The van der Waals surface area contributed by atoms with Crippen LogP contribution < -0.4 is 4.52 Å². The third kappa shape index (κ3) is 45.3. The van der Waals surface area contributed by atoms with Crippen LogP contribution >= 0.6 is 130 Å². The molecule has 0 saturated carbocycles. The molecule has 6 aliphatic heterocycles. The lowest BCUT2D eigenvalue weighted by Gasteiger charge is -2.35. The Labute approximate surface area is 790 Å². The van der Waals surface area contributed by atoms with Gasteiger partial charge in [-0.25, -0.2) is 22.5 Å². The van der Waals surface area contributed by atoms with Crippen molar-refractivity contribution in [3.63, 3.8) is 0 Å². The van der Waals surface area contributed by atoms with Gasteiger partial charge >= 0.3 is 47.4 Å². The number of methoxy groups -OCH3 is 4. The molecular formula is C79H140N4O31P8S6. The van der Waals surface area contributed by atoms with E-state index in [0.717, 1.165) is 67.3 Å². The Morgan fingerprint density at radius 3 is 1.25 bits per heavy atom. The standard InChI is InChI=1S/C25H37NO9P2S2.C18H35NO13P4S2.C18H34NO5PS2.C18H34NO4P/c1-5-6-16-38-39-17-10-15-31-37(4,30-14-9-13-26)35-23-19(2)32-22(24(23)28-3)18-29-36-33-21-12-8-7-11-20(21)25(27)34-36;1-5-6-12-37-38-13-8-11-27-34(4,26-10-7-9-19)29-17-15(2)28-16(18(17)24-3)14-25-33-30-35(20,21)32-36(22,23)31-33;1-5-7-13-26-27-14-9-12-22-25(21-11-8-10-19)24-17-15(3)23-16(6-2)18(17)20-4;1-8-15-17(20-7)16(14(6)22-15)23-24(21-11-9-10-19)18(12(2)3)13(4)5/h7-8,11-12,19,22-24H,4-6,9-10,14-18H2,1-3H3;15-18H,4-8,10-14H2,1-3H3,(H,20,21)(H,22,23);15-18H,5-9,11-14H2,1-4H3;12-18H,8-9,11H2,1-7H3/t19-,22+,23?,24-,36?,37?;15-,16+,17?,18-,34?;15-,16+,17?,18-,25?;14-,15+,16?,17-,24?/m0000/s1. The van der Waals surface area contributed by atoms with Gasteiger partial charge in [0, 0.05) is 68.6 Å². The van der Waals surface area contributed by atoms with Crippen LogP contribution in [0.1, 0.15) is 197 Å². The fraction of sp³-hybridized carbons (Fsp3) is 0.835. The maximum Gasteiger partial charge on any atom is 0.488 e. The van der Waals surface area contributed by atoms with E-state index in [9.17, 15) is 23.7 Å². The molecule has 0 spiro atoms. The second-order valence-corrected chi connectivity index (χ2v) is 50.3. The van der Waals surface area contributed by atoms with Crippen LogP contribution in [-0.2, 0) is 123 Å². The third-order valence-corrected chi connectivity index (χ3v) is 39.8. The lowest BCUT2D eigenvalue weighted by molar-refractivity contribution is -0.0312. The van der Waals surface area contributed by atoms with Crippen LogP contribution in [-0.4, -0.2) is 254 Å². The lowest BCUT2D eigenvalue weighted by atomic mass is 10.00. The number of para-hydroxylation sites is 1. The number of unbranched alkanes of at least 4 members (excludes halogenated alkanes) is 3. The molecule has 0 amide bonds. The molecule has 2 N–H and O–H groups in total. The van der Waals surface area contributed by atoms with Crippen LogP contribution in [0.15, 0.2) is 24.3 Å². The first-order valence-electron chi connectivity index (χ1n) is 43.2. The quantitative estimate of drug-likeness (QED) is 0.0347. The number of benzene rings is 1. The molecule has 35 nitrogen and oxygen atoms in total. The van der Waals surface area contributed by atoms with Gasteiger partial charge in [0.1, 0.15) is 72.4 Å². The number of hydrogen-bond acceptors (Lipinski definition) is 39. The van der Waals surface area contributed by atoms with E-state index in [2.05, 4.69) is 106 Å². The fourth-order valence-electron chi connectivity index (χ4n) is 12.9. The van der Waals surface area contributed by atoms with Gasteiger partial charge in [-0.3, -0.25) is 4.52 Å². The maximum absolute atomic E-state index is 12.3. The van der Waals surface area contributed by atoms with Crippen molar-refractivity contribution in [2.45, 2.75) is 290 Å². The van der Waals surface area contributed by atoms with Crippen LogP contribution in [0.4, 0.5) is 0 Å². The zero-order valence-electron chi connectivity index (χ0n) is 77.0. The van der Waals surface area contributed by atoms with Crippen LogP contribution in [0, 0.1) is 57.2 Å². The summed E-state index contributed by atoms with van der Waals surface area (Å²) in [5, 5.41) is 35.4. The molecule has 0 radical (unpaired) electrons. The zero-order valence-corrected chi connectivity index (χ0v) is 89.0. The number of rotatable bonds is 62. The summed E-state index contributed by atoms with van der Waals surface area (Å²) >= 11 is 0. The minimum atomic E-state index is -4.83. The number of fused-ring (bicyclic) bond motifs is 1. The zero-order chi connectivity index (χ0) is 94.5. The van der Waals surface area contributed by atoms with Crippen LogP contribution in [0.5, 0.6) is 5.75 Å². The summed E-state index contributed by atoms with van der Waals surface area (Å²) < 4.78 is 171. The largest absolute Gasteiger partial charge is 0.488 e. The molecule has 1 aromatic rings. The highest BCUT2D eigenvalue weighted by molar-refractivity contribution is 8.77. The predicted octanol–water partition coefficient (Wildman–Crippen LogP) is 21.6. The van der Waals surface area contributed by atoms with Gasteiger partial charge in [-0.15, -0.1) is 0 Å². The molecule has 738 valence electrons. The highest BCUT2D eigenvalue weighted by atomic mass is 33.1. The Morgan fingerprint density at radius 1 is 0.477 bits per heavy atom. The van der Waals surface area contributed by atoms with E-state index in [4.69, 9.17) is 127 Å². The molecule has 0 bridgehead atoms. The van der Waals surface area contributed by atoms with Crippen molar-refractivity contribution < 1.29 is 142 Å². The molecule has 0 aromatic heterocycles. The first-order valence-corrected chi connectivity index (χ1v) is 61.6. The van der Waals surface area contributed by atoms with Crippen molar-refractivity contribution in [3.05, 3.63) is 29.8 Å². The number of hydrogen-bond donors (Lipinski definition) is 2. The van der Waals surface area contributed by atoms with Gasteiger partial charge in [0.25, 0.3) is 15.1 Å². The lowest BCUT2D eigenvalue weighted by Crippen LogP contribution is -2.37. The SMILES string of the molecule is C=P(OCCC#N)(OCCCSSCCCC)OC1[C@H](C)O[C@H](COP2OC(=O)c3ccccc3O2)[C@@H]1OC.C=P(OCCC#N)(OCCCSSCCCC)OC1[C@H](C)O[C@H](COP2OP(=O)(O)OP(=O)(O)O2)[C@@H]1OC.CCCCSSCCCOP(OCCC#N)OC1[C@H](C)O[C@H](CC)[C@@H]1OC.CC[C@H]1O[C@@H](C)C(OP(OCCC#N)C(C(C)C)C(C)C)[C@H]1OC. The molecule has 49 heteroatoms. The van der Waals surface area contributed by atoms with Crippen molar-refractivity contribution in [3.8, 4) is 30.0 Å². The van der Waals surface area contributed by atoms with Gasteiger partial charge < -0.3 is 111 Å². The molecule has 11 unspecified atom stereocenters. The van der Waals surface area contributed by atoms with Crippen molar-refractivity contribution >= 4 is 148 Å². The fourth-order valence-corrected chi connectivity index (χ4v) is 31.6. The van der Waals surface area contributed by atoms with Gasteiger partial charge in [-0.05, 0) is 116 Å². The van der Waals surface area contributed by atoms with Gasteiger partial charge in [-0.1, -0.05) is 158 Å². The second kappa shape index (κ2) is 68.4. The number of nitrogens with zero attached hydrogens (tertiary/aromatic N) is 4. The Hall–Kier alpha value is 0.290. The minimum absolute atomic E-state index is 0.0162. The number of phosphoric acid groups is 2. The van der Waals surface area contributed by atoms with Gasteiger partial charge in [0.2, 0.25) is 0 Å². The molecule has 0 aliphatic carbocycles. The Kier molecular flexibility index (Phi) is 64.4. The Bertz CT molecular complexity index is 3550. The molecule has 1 aromatic carbocycles. The maximum atomic E-state index is 12.3. The van der Waals surface area contributed by atoms with Crippen molar-refractivity contribution in [2.24, 2.45) is 11.8 Å². The van der Waals surface area contributed by atoms with E-state index in [1.807, 2.05) is 80.8 Å². The summed E-state index contributed by atoms with van der Waals surface area (Å²) in [6.07, 6.45) is 15.4. The molecule has 7 rings (SSSR count). The summed E-state index contributed by atoms with van der Waals surface area (Å²) in [6.45, 7) is 29.2. The molecule has 6 aliphatic rings. The number of carbonyl (C=O) groups excluding carboxylic acids is 1. The van der Waals surface area contributed by atoms with Crippen molar-refractivity contribution in [1.29, 1.82) is 21.0 Å². The summed E-state index contributed by atoms with van der Waals surface area (Å²) in [7, 11) is -5.60. The molecule has 6 heterocycles. The van der Waals surface area contributed by atoms with Crippen LogP contribution in [0.3, 0.4) is 0 Å². The molecular weight excluding hydrogens is 1940 g/mol. The Morgan fingerprint density at radius 2 is 0.836 bits per heavy atom. The first-order chi connectivity index (χ1) is 61.4. The number of ether oxygens (including phenoxy) is 8. The van der Waals surface area contributed by atoms with E-state index >= 15 is 0 Å². The summed E-state index contributed by atoms with van der Waals surface area (Å²) in [5.41, 5.74) is 0.666. The smallest absolute Gasteiger partial charge is 0.417 e. The van der Waals surface area contributed by atoms with Crippen LogP contribution in [0.25, 0.3) is 0 Å². The average molecular weight is 2080 g/mol. The Balaban J connectivity index is 0.000000365. The average Bonchev–Trinajstić information content (AvgIpc) is 1.57. The van der Waals surface area contributed by atoms with Gasteiger partial charge in [0.05, 0.1) is 146 Å². The first kappa shape index (κ1) is 121. The highest BCUT2D eigenvalue weighted by Gasteiger charge is 2.53. The molecule has 23 atom stereocenters. The van der Waals surface area contributed by atoms with Crippen LogP contribution in [0.2, 0.25) is 0 Å². The van der Waals surface area contributed by atoms with E-state index < -0.39 is 114 Å². The normalized spacial score (nSPS) is 29.2. The van der Waals surface area contributed by atoms with E-state index in [1.54, 1.807) is 63.3 Å². The topological polar surface area (TPSA) is 427 Å². The summed E-state index contributed by atoms with van der Waals surface area (Å²) in [4.78, 5) is 31.1. The summed E-state index contributed by atoms with van der Waals surface area (Å²) in [6, 6.07) is 15.1.